The molecule has 1 aromatic heterocycles. The highest BCUT2D eigenvalue weighted by molar-refractivity contribution is 7.99. The molecule has 6 nitrogen and oxygen atoms in total. The molecule has 3 aromatic rings. The Morgan fingerprint density at radius 3 is 2.62 bits per heavy atom. The summed E-state index contributed by atoms with van der Waals surface area (Å²) in [5.74, 6) is 3.07. The van der Waals surface area contributed by atoms with Crippen molar-refractivity contribution in [3.63, 3.8) is 0 Å². The number of rotatable bonds is 6. The third-order valence-electron chi connectivity index (χ3n) is 5.19. The molecule has 0 fully saturated rings. The zero-order chi connectivity index (χ0) is 22.7. The maximum absolute atomic E-state index is 13.0. The fourth-order valence-electron chi connectivity index (χ4n) is 3.60. The van der Waals surface area contributed by atoms with Crippen LogP contribution in [0.5, 0.6) is 5.75 Å². The molecular formula is C24H20FN3O3S. The lowest BCUT2D eigenvalue weighted by Crippen LogP contribution is -2.33. The van der Waals surface area contributed by atoms with E-state index in [1.807, 2.05) is 12.1 Å². The fourth-order valence-corrected chi connectivity index (χ4v) is 4.24. The number of nitrogens with one attached hydrogen (secondary N) is 1. The van der Waals surface area contributed by atoms with Crippen LogP contribution in [0.4, 0.5) is 10.2 Å². The number of nitrogens with zero attached hydrogens (tertiary/aromatic N) is 2. The number of carbonyl (C=O) groups excluding carboxylic acids is 1. The number of ether oxygens (including phenoxy) is 1. The summed E-state index contributed by atoms with van der Waals surface area (Å²) in [5.41, 5.74) is 1.75. The number of halogens is 1. The van der Waals surface area contributed by atoms with Crippen LogP contribution in [-0.4, -0.2) is 21.2 Å². The van der Waals surface area contributed by atoms with Gasteiger partial charge < -0.3 is 14.6 Å². The largest absolute Gasteiger partial charge is 0.489 e. The summed E-state index contributed by atoms with van der Waals surface area (Å²) >= 11 is 1.27. The van der Waals surface area contributed by atoms with Gasteiger partial charge >= 0.3 is 0 Å². The first kappa shape index (κ1) is 21.7. The Bertz CT molecular complexity index is 1250. The van der Waals surface area contributed by atoms with E-state index < -0.39 is 5.92 Å². The lowest BCUT2D eigenvalue weighted by molar-refractivity contribution is -0.116. The van der Waals surface area contributed by atoms with Gasteiger partial charge in [0.1, 0.15) is 24.0 Å². The van der Waals surface area contributed by atoms with Crippen LogP contribution in [0.1, 0.15) is 29.0 Å². The molecule has 2 heterocycles. The van der Waals surface area contributed by atoms with Crippen LogP contribution in [0.2, 0.25) is 0 Å². The van der Waals surface area contributed by atoms with E-state index in [4.69, 9.17) is 11.2 Å². The van der Waals surface area contributed by atoms with E-state index in [2.05, 4.69) is 16.2 Å². The fraction of sp³-hybridized carbons (Fsp3) is 0.208. The molecule has 32 heavy (non-hydrogen) atoms. The van der Waals surface area contributed by atoms with Crippen molar-refractivity contribution in [2.75, 3.05) is 11.1 Å². The number of amides is 1. The minimum atomic E-state index is -0.414. The van der Waals surface area contributed by atoms with E-state index in [-0.39, 0.29) is 23.7 Å². The molecular weight excluding hydrogens is 429 g/mol. The van der Waals surface area contributed by atoms with Crippen LogP contribution in [-0.2, 0) is 18.4 Å². The van der Waals surface area contributed by atoms with E-state index >= 15 is 0 Å². The van der Waals surface area contributed by atoms with Gasteiger partial charge in [-0.3, -0.25) is 9.59 Å². The van der Waals surface area contributed by atoms with Crippen LogP contribution in [0.3, 0.4) is 0 Å². The highest BCUT2D eigenvalue weighted by Gasteiger charge is 2.32. The molecule has 1 aliphatic heterocycles. The normalized spacial score (nSPS) is 14.9. The van der Waals surface area contributed by atoms with E-state index in [1.54, 1.807) is 35.9 Å². The molecule has 0 aliphatic carbocycles. The van der Waals surface area contributed by atoms with Crippen molar-refractivity contribution in [2.45, 2.75) is 24.1 Å². The molecule has 4 rings (SSSR count). The zero-order valence-corrected chi connectivity index (χ0v) is 18.1. The molecule has 1 unspecified atom stereocenters. The Balaban J connectivity index is 1.58. The zero-order valence-electron chi connectivity index (χ0n) is 17.3. The third kappa shape index (κ3) is 4.53. The van der Waals surface area contributed by atoms with E-state index in [9.17, 15) is 14.0 Å². The molecule has 1 N–H and O–H groups in total. The number of benzene rings is 2. The Labute approximate surface area is 188 Å². The second kappa shape index (κ2) is 9.28. The molecule has 162 valence electrons. The maximum Gasteiger partial charge on any atom is 0.279 e. The van der Waals surface area contributed by atoms with Gasteiger partial charge in [0.2, 0.25) is 5.91 Å². The quantitative estimate of drug-likeness (QED) is 0.353. The maximum atomic E-state index is 13.0. The number of hydrogen-bond donors (Lipinski definition) is 1. The van der Waals surface area contributed by atoms with Crippen molar-refractivity contribution >= 4 is 23.5 Å². The molecule has 1 atom stereocenters. The van der Waals surface area contributed by atoms with Gasteiger partial charge in [0.15, 0.2) is 5.16 Å². The van der Waals surface area contributed by atoms with Crippen LogP contribution in [0, 0.1) is 18.2 Å². The van der Waals surface area contributed by atoms with Gasteiger partial charge in [0.25, 0.3) is 5.56 Å². The lowest BCUT2D eigenvalue weighted by Gasteiger charge is -2.27. The molecule has 1 amide bonds. The number of terminal acetylenes is 1. The Hall–Kier alpha value is -3.57. The summed E-state index contributed by atoms with van der Waals surface area (Å²) in [6.07, 6.45) is 5.46. The lowest BCUT2D eigenvalue weighted by atomic mass is 9.87. The molecule has 0 saturated heterocycles. The Morgan fingerprint density at radius 1 is 1.22 bits per heavy atom. The van der Waals surface area contributed by atoms with Gasteiger partial charge in [-0.15, -0.1) is 6.42 Å². The molecule has 0 bridgehead atoms. The number of fused-ring (bicyclic) bond motifs is 1. The first-order chi connectivity index (χ1) is 15.5. The van der Waals surface area contributed by atoms with E-state index in [0.29, 0.717) is 34.6 Å². The average Bonchev–Trinajstić information content (AvgIpc) is 2.80. The Kier molecular flexibility index (Phi) is 6.28. The van der Waals surface area contributed by atoms with Gasteiger partial charge in [-0.2, -0.15) is 4.98 Å². The van der Waals surface area contributed by atoms with E-state index in [0.717, 1.165) is 11.1 Å². The summed E-state index contributed by atoms with van der Waals surface area (Å²) in [4.78, 5) is 29.4. The number of thioether (sulfide) groups is 1. The second-order valence-corrected chi connectivity index (χ2v) is 8.25. The first-order valence-electron chi connectivity index (χ1n) is 9.90. The van der Waals surface area contributed by atoms with Crippen LogP contribution >= 0.6 is 11.8 Å². The summed E-state index contributed by atoms with van der Waals surface area (Å²) in [6.45, 7) is 0.302. The van der Waals surface area contributed by atoms with Gasteiger partial charge in [-0.1, -0.05) is 41.9 Å². The smallest absolute Gasteiger partial charge is 0.279 e. The van der Waals surface area contributed by atoms with Crippen molar-refractivity contribution < 1.29 is 13.9 Å². The van der Waals surface area contributed by atoms with Gasteiger partial charge in [0.05, 0.1) is 11.3 Å². The number of anilines is 1. The molecule has 2 aromatic carbocycles. The monoisotopic (exact) mass is 449 g/mol. The minimum Gasteiger partial charge on any atom is -0.489 e. The van der Waals surface area contributed by atoms with Crippen molar-refractivity contribution in [3.05, 3.63) is 81.4 Å². The van der Waals surface area contributed by atoms with Crippen molar-refractivity contribution in [2.24, 2.45) is 7.05 Å². The van der Waals surface area contributed by atoms with Crippen LogP contribution < -0.4 is 15.6 Å². The number of aromatic nitrogens is 2. The average molecular weight is 450 g/mol. The van der Waals surface area contributed by atoms with Crippen LogP contribution in [0.15, 0.2) is 58.5 Å². The standard InChI is InChI=1S/C24H20FN3O3S/c1-3-12-32-24-27-23(30)21-19(13-20(29)26-22(21)28(24)2)16-6-10-18(11-7-16)31-14-15-4-8-17(25)9-5-15/h1,4-11,19H,12-14H2,2H3,(H,26,29). The van der Waals surface area contributed by atoms with Crippen molar-refractivity contribution in [3.8, 4) is 18.1 Å². The third-order valence-corrected chi connectivity index (χ3v) is 6.12. The predicted molar refractivity (Wildman–Crippen MR) is 121 cm³/mol. The predicted octanol–water partition coefficient (Wildman–Crippen LogP) is 3.70. The van der Waals surface area contributed by atoms with Gasteiger partial charge in [-0.05, 0) is 35.4 Å². The SMILES string of the molecule is C#CCSc1nc(=O)c2c(n1C)NC(=O)CC2c1ccc(OCc2ccc(F)cc2)cc1. The molecule has 1 aliphatic rings. The summed E-state index contributed by atoms with van der Waals surface area (Å²) in [5, 5.41) is 3.26. The van der Waals surface area contributed by atoms with Gasteiger partial charge in [-0.25, -0.2) is 4.39 Å². The molecule has 0 radical (unpaired) electrons. The van der Waals surface area contributed by atoms with Crippen molar-refractivity contribution in [1.82, 2.24) is 9.55 Å². The van der Waals surface area contributed by atoms with Crippen molar-refractivity contribution in [1.29, 1.82) is 0 Å². The first-order valence-corrected chi connectivity index (χ1v) is 10.9. The topological polar surface area (TPSA) is 73.2 Å². The highest BCUT2D eigenvalue weighted by Crippen LogP contribution is 2.36. The molecule has 0 saturated carbocycles. The second-order valence-electron chi connectivity index (χ2n) is 7.30. The van der Waals surface area contributed by atoms with Crippen LogP contribution in [0.25, 0.3) is 0 Å². The number of carbonyl (C=O) groups is 1. The summed E-state index contributed by atoms with van der Waals surface area (Å²) in [7, 11) is 1.75. The molecule has 8 heteroatoms. The molecule has 0 spiro atoms. The summed E-state index contributed by atoms with van der Waals surface area (Å²) < 4.78 is 20.5. The van der Waals surface area contributed by atoms with E-state index in [1.165, 1.54) is 23.9 Å². The highest BCUT2D eigenvalue weighted by atomic mass is 32.2. The Morgan fingerprint density at radius 2 is 1.94 bits per heavy atom. The van der Waals surface area contributed by atoms with Gasteiger partial charge in [0, 0.05) is 19.4 Å². The number of hydrogen-bond acceptors (Lipinski definition) is 5. The summed E-state index contributed by atoms with van der Waals surface area (Å²) in [6, 6.07) is 13.4. The minimum absolute atomic E-state index is 0.149.